The average molecular weight is 1130 g/mol. The minimum absolute atomic E-state index is 0. The zero-order valence-electron chi connectivity index (χ0n) is 48.1. The van der Waals surface area contributed by atoms with E-state index in [0.717, 1.165) is 11.1 Å². The van der Waals surface area contributed by atoms with Crippen LogP contribution in [0.2, 0.25) is 0 Å². The van der Waals surface area contributed by atoms with Gasteiger partial charge in [-0.1, -0.05) is 101 Å². The lowest BCUT2D eigenvalue weighted by Crippen LogP contribution is -2.64. The quantitative estimate of drug-likeness (QED) is 0.0434. The van der Waals surface area contributed by atoms with Crippen LogP contribution in [0.1, 0.15) is 152 Å². The monoisotopic (exact) mass is 1130 g/mol. The zero-order valence-corrected chi connectivity index (χ0v) is 49.8. The molecule has 0 unspecified atom stereocenters. The number of hydrogen-bond donors (Lipinski definition) is 7. The molecule has 0 radical (unpaired) electrons. The van der Waals surface area contributed by atoms with Crippen molar-refractivity contribution >= 4 is 60.6 Å². The number of ether oxygens (including phenoxy) is 2. The molecule has 2 aromatic carbocycles. The molecule has 3 aliphatic heterocycles. The molecule has 3 heterocycles. The van der Waals surface area contributed by atoms with Crippen LogP contribution < -0.4 is 26.6 Å². The number of carbonyl (C=O) groups excluding carboxylic acids is 6. The van der Waals surface area contributed by atoms with Crippen molar-refractivity contribution in [3.8, 4) is 0 Å². The topological polar surface area (TPSA) is 231 Å². The highest BCUT2D eigenvalue weighted by atomic mass is 35.5. The van der Waals surface area contributed by atoms with E-state index in [-0.39, 0.29) is 62.3 Å². The van der Waals surface area contributed by atoms with Gasteiger partial charge in [-0.2, -0.15) is 10.1 Å². The number of amides is 6. The molecule has 3 saturated heterocycles. The summed E-state index contributed by atoms with van der Waals surface area (Å²) in [4.78, 5) is 85.5. The predicted molar refractivity (Wildman–Crippen MR) is 305 cm³/mol. The highest BCUT2D eigenvalue weighted by molar-refractivity contribution is 5.95. The second-order valence-corrected chi connectivity index (χ2v) is 24.6. The number of carbonyl (C=O) groups is 6. The molecule has 5 rings (SSSR count). The van der Waals surface area contributed by atoms with Crippen LogP contribution in [-0.4, -0.2) is 133 Å². The third-order valence-corrected chi connectivity index (χ3v) is 14.9. The van der Waals surface area contributed by atoms with Gasteiger partial charge >= 0.3 is 12.2 Å². The lowest BCUT2D eigenvalue weighted by Gasteiger charge is -2.51. The molecule has 0 aromatic heterocycles. The number of halogens is 2. The summed E-state index contributed by atoms with van der Waals surface area (Å²) in [5, 5.41) is 39.2. The Hall–Kier alpha value is -4.98. The fourth-order valence-corrected chi connectivity index (χ4v) is 11.4. The van der Waals surface area contributed by atoms with E-state index in [4.69, 9.17) is 9.47 Å². The normalized spacial score (nSPS) is 20.8. The van der Waals surface area contributed by atoms with Crippen molar-refractivity contribution in [2.24, 2.45) is 17.8 Å². The lowest BCUT2D eigenvalue weighted by atomic mass is 9.79. The van der Waals surface area contributed by atoms with Gasteiger partial charge in [0.05, 0.1) is 12.0 Å². The van der Waals surface area contributed by atoms with E-state index in [1.54, 1.807) is 18.7 Å². The lowest BCUT2D eigenvalue weighted by molar-refractivity contribution is -0.256. The van der Waals surface area contributed by atoms with Crippen molar-refractivity contribution in [3.63, 3.8) is 0 Å². The molecule has 5 atom stereocenters. The maximum atomic E-state index is 14.8. The Bertz CT molecular complexity index is 2270. The molecular weight excluding hydrogens is 1040 g/mol. The molecule has 3 fully saturated rings. The Morgan fingerprint density at radius 2 is 1.26 bits per heavy atom. The van der Waals surface area contributed by atoms with Crippen LogP contribution in [0.15, 0.2) is 72.8 Å². The summed E-state index contributed by atoms with van der Waals surface area (Å²) in [6.45, 7) is 23.5. The van der Waals surface area contributed by atoms with Crippen LogP contribution in [0, 0.1) is 17.8 Å². The Balaban J connectivity index is 0.00000800. The van der Waals surface area contributed by atoms with Gasteiger partial charge < -0.3 is 51.4 Å². The van der Waals surface area contributed by atoms with E-state index in [9.17, 15) is 39.2 Å². The van der Waals surface area contributed by atoms with E-state index in [1.807, 2.05) is 142 Å². The standard InChI is InChI=1S/C58H90N8O10.2ClH/c1-38(2)31-43(61-54(72)76-45-35-57(9,10)66(74)58(11,12)36-45)28-27-42(32-40-21-15-13-16-22-40)52(70)64-30-20-26-47(64)50(68)63-48(39(3)4)51(69)62-46(25-19-29-59-53(71)75-37-41-23-17-14-18-24-41)49(67)60-44-33-55(5,6)65(73)56(7,8)34-44;;/h13-18,21-24,27-28,38-39,42-48,73-74H,19-20,25-26,29-37H2,1-12H3,(H,59,71)(H,60,67)(H,61,72)(H,62,69)(H,63,68);2*1H/b28-27+;;/t42-,43-,46+,47+,48+;;/m1../s1. The van der Waals surface area contributed by atoms with Gasteiger partial charge in [-0.15, -0.1) is 24.8 Å². The van der Waals surface area contributed by atoms with Crippen LogP contribution in [0.4, 0.5) is 9.59 Å². The van der Waals surface area contributed by atoms with E-state index in [1.165, 1.54) is 10.1 Å². The van der Waals surface area contributed by atoms with Gasteiger partial charge in [0.1, 0.15) is 30.8 Å². The number of piperidine rings is 2. The van der Waals surface area contributed by atoms with Gasteiger partial charge in [0, 0.05) is 54.1 Å². The SMILES string of the molecule is CC(C)C[C@@H](/C=C/[C@H](Cc1ccccc1)C(=O)N1CCC[C@H]1C(=O)N[C@H](C(=O)N[C@@H](CCCNC(=O)OCc1ccccc1)C(=O)NC1CC(C)(C)N(O)C(C)(C)C1)C(C)C)NC(=O)OC1CC(C)(C)N(O)C(C)(C)C1.Cl.Cl. The number of rotatable bonds is 22. The Morgan fingerprint density at radius 1 is 0.705 bits per heavy atom. The minimum Gasteiger partial charge on any atom is -0.446 e. The molecule has 2 aromatic rings. The van der Waals surface area contributed by atoms with Crippen molar-refractivity contribution in [2.75, 3.05) is 13.1 Å². The molecule has 18 nitrogen and oxygen atoms in total. The largest absolute Gasteiger partial charge is 0.446 e. The minimum atomic E-state index is -1.07. The van der Waals surface area contributed by atoms with E-state index in [2.05, 4.69) is 26.6 Å². The molecule has 7 N–H and O–H groups in total. The number of hydrogen-bond acceptors (Lipinski definition) is 12. The van der Waals surface area contributed by atoms with E-state index >= 15 is 0 Å². The third kappa shape index (κ3) is 19.4. The second-order valence-electron chi connectivity index (χ2n) is 24.6. The highest BCUT2D eigenvalue weighted by Gasteiger charge is 2.48. The Labute approximate surface area is 476 Å². The summed E-state index contributed by atoms with van der Waals surface area (Å²) < 4.78 is 11.3. The van der Waals surface area contributed by atoms with E-state index < -0.39 is 94.2 Å². The average Bonchev–Trinajstić information content (AvgIpc) is 3.83. The fourth-order valence-electron chi connectivity index (χ4n) is 11.4. The van der Waals surface area contributed by atoms with Crippen LogP contribution in [0.3, 0.4) is 0 Å². The number of benzene rings is 2. The molecule has 3 aliphatic rings. The molecule has 438 valence electrons. The number of nitrogens with one attached hydrogen (secondary N) is 5. The molecule has 0 bridgehead atoms. The number of nitrogens with zero attached hydrogens (tertiary/aromatic N) is 3. The number of alkyl carbamates (subject to hydrolysis) is 2. The maximum Gasteiger partial charge on any atom is 0.407 e. The molecule has 6 amide bonds. The fraction of sp³-hybridized carbons (Fsp3) is 0.655. The van der Waals surface area contributed by atoms with Crippen LogP contribution >= 0.6 is 24.8 Å². The zero-order chi connectivity index (χ0) is 56.2. The summed E-state index contributed by atoms with van der Waals surface area (Å²) in [5.41, 5.74) is -0.772. The smallest absolute Gasteiger partial charge is 0.407 e. The maximum absolute atomic E-state index is 14.8. The van der Waals surface area contributed by atoms with Gasteiger partial charge in [0.15, 0.2) is 0 Å². The summed E-state index contributed by atoms with van der Waals surface area (Å²) in [6, 6.07) is 15.1. The molecule has 78 heavy (non-hydrogen) atoms. The van der Waals surface area contributed by atoms with Crippen LogP contribution in [-0.2, 0) is 41.7 Å². The molecule has 0 spiro atoms. The summed E-state index contributed by atoms with van der Waals surface area (Å²) in [6.07, 6.45) is 6.14. The highest BCUT2D eigenvalue weighted by Crippen LogP contribution is 2.39. The first kappa shape index (κ1) is 67.3. The summed E-state index contributed by atoms with van der Waals surface area (Å²) in [5.74, 6) is -2.69. The van der Waals surface area contributed by atoms with Gasteiger partial charge in [0.2, 0.25) is 23.6 Å². The third-order valence-electron chi connectivity index (χ3n) is 14.9. The van der Waals surface area contributed by atoms with Crippen molar-refractivity contribution < 1.29 is 48.7 Å². The molecular formula is C58H92Cl2N8O10. The van der Waals surface area contributed by atoms with Gasteiger partial charge in [-0.05, 0) is 130 Å². The van der Waals surface area contributed by atoms with Gasteiger partial charge in [0.25, 0.3) is 0 Å². The van der Waals surface area contributed by atoms with Crippen molar-refractivity contribution in [1.29, 1.82) is 0 Å². The Kier molecular flexibility index (Phi) is 25.4. The Morgan fingerprint density at radius 3 is 1.81 bits per heavy atom. The molecule has 0 aliphatic carbocycles. The van der Waals surface area contributed by atoms with Crippen LogP contribution in [0.25, 0.3) is 0 Å². The number of likely N-dealkylation sites (tertiary alicyclic amines) is 1. The van der Waals surface area contributed by atoms with Gasteiger partial charge in [-0.25, -0.2) is 9.59 Å². The first-order chi connectivity index (χ1) is 35.6. The second kappa shape index (κ2) is 29.5. The van der Waals surface area contributed by atoms with Crippen molar-refractivity contribution in [2.45, 2.75) is 212 Å². The first-order valence-electron chi connectivity index (χ1n) is 27.4. The van der Waals surface area contributed by atoms with Gasteiger partial charge in [-0.3, -0.25) is 19.2 Å². The number of hydroxylamine groups is 4. The van der Waals surface area contributed by atoms with Crippen molar-refractivity contribution in [3.05, 3.63) is 83.9 Å². The van der Waals surface area contributed by atoms with Crippen molar-refractivity contribution in [1.82, 2.24) is 41.6 Å². The van der Waals surface area contributed by atoms with Crippen LogP contribution in [0.5, 0.6) is 0 Å². The predicted octanol–water partition coefficient (Wildman–Crippen LogP) is 8.65. The molecule has 0 saturated carbocycles. The molecule has 20 heteroatoms. The summed E-state index contributed by atoms with van der Waals surface area (Å²) >= 11 is 0. The summed E-state index contributed by atoms with van der Waals surface area (Å²) in [7, 11) is 0. The first-order valence-corrected chi connectivity index (χ1v) is 27.4. The van der Waals surface area contributed by atoms with E-state index in [0.29, 0.717) is 64.3 Å².